The molecule has 0 spiro atoms. The summed E-state index contributed by atoms with van der Waals surface area (Å²) in [6.45, 7) is 4.00. The maximum Gasteiger partial charge on any atom is 0.317 e. The molecule has 1 aromatic heterocycles. The molecule has 110 valence electrons. The molecule has 1 heterocycles. The van der Waals surface area contributed by atoms with E-state index in [-0.39, 0.29) is 19.1 Å². The molecule has 2 rings (SSSR count). The van der Waals surface area contributed by atoms with Gasteiger partial charge in [0.25, 0.3) is 0 Å². The summed E-state index contributed by atoms with van der Waals surface area (Å²) >= 11 is 0. The third kappa shape index (κ3) is 3.03. The highest BCUT2D eigenvalue weighted by Gasteiger charge is 2.21. The number of benzene rings is 1. The lowest BCUT2D eigenvalue weighted by atomic mass is 10.2. The van der Waals surface area contributed by atoms with Crippen LogP contribution in [-0.2, 0) is 11.3 Å². The van der Waals surface area contributed by atoms with Crippen molar-refractivity contribution < 1.29 is 9.90 Å². The van der Waals surface area contributed by atoms with Crippen molar-refractivity contribution in [1.82, 2.24) is 14.5 Å². The van der Waals surface area contributed by atoms with Gasteiger partial charge in [0.2, 0.25) is 0 Å². The van der Waals surface area contributed by atoms with E-state index in [9.17, 15) is 4.79 Å². The monoisotopic (exact) mass is 286 g/mol. The topological polar surface area (TPSA) is 82.2 Å². The smallest absolute Gasteiger partial charge is 0.317 e. The highest BCUT2D eigenvalue weighted by Crippen LogP contribution is 2.24. The van der Waals surface area contributed by atoms with Crippen LogP contribution in [0.1, 0.15) is 24.4 Å². The van der Waals surface area contributed by atoms with E-state index in [1.54, 1.807) is 11.9 Å². The summed E-state index contributed by atoms with van der Waals surface area (Å²) in [6, 6.07) is 7.84. The molecular formula is C15H18N4O2. The number of aryl methyl sites for hydroxylation is 1. The molecule has 0 saturated heterocycles. The van der Waals surface area contributed by atoms with E-state index < -0.39 is 5.97 Å². The first kappa shape index (κ1) is 15.0. The number of rotatable bonds is 5. The molecule has 1 aromatic carbocycles. The van der Waals surface area contributed by atoms with Gasteiger partial charge < -0.3 is 9.67 Å². The van der Waals surface area contributed by atoms with Crippen molar-refractivity contribution in [3.63, 3.8) is 0 Å². The van der Waals surface area contributed by atoms with E-state index in [1.165, 1.54) is 0 Å². The molecular weight excluding hydrogens is 268 g/mol. The molecule has 0 saturated carbocycles. The van der Waals surface area contributed by atoms with Crippen LogP contribution in [0.5, 0.6) is 0 Å². The quantitative estimate of drug-likeness (QED) is 0.908. The number of nitrogens with zero attached hydrogens (tertiary/aromatic N) is 4. The van der Waals surface area contributed by atoms with Gasteiger partial charge in [0.1, 0.15) is 12.4 Å². The first-order chi connectivity index (χ1) is 9.93. The Morgan fingerprint density at radius 3 is 2.90 bits per heavy atom. The predicted octanol–water partition coefficient (Wildman–Crippen LogP) is 1.95. The molecule has 0 amide bonds. The van der Waals surface area contributed by atoms with Crippen LogP contribution in [0.25, 0.3) is 11.0 Å². The molecule has 0 aliphatic carbocycles. The number of aromatic nitrogens is 2. The number of likely N-dealkylation sites (N-methyl/N-ethyl adjacent to an activating group) is 1. The highest BCUT2D eigenvalue weighted by molar-refractivity contribution is 5.77. The van der Waals surface area contributed by atoms with Gasteiger partial charge >= 0.3 is 5.97 Å². The minimum Gasteiger partial charge on any atom is -0.480 e. The van der Waals surface area contributed by atoms with Gasteiger partial charge in [-0.1, -0.05) is 6.07 Å². The first-order valence-electron chi connectivity index (χ1n) is 6.69. The number of carboxylic acids is 1. The molecule has 21 heavy (non-hydrogen) atoms. The SMILES string of the molecule is Cc1ccc2c(c1)nc(C(C)N(C)CC(=O)O)n2CC#N. The number of carboxylic acid groups (broad SMARTS) is 1. The summed E-state index contributed by atoms with van der Waals surface area (Å²) in [4.78, 5) is 17.1. The third-order valence-electron chi connectivity index (χ3n) is 3.58. The average Bonchev–Trinajstić information content (AvgIpc) is 2.75. The third-order valence-corrected chi connectivity index (χ3v) is 3.58. The maximum atomic E-state index is 10.9. The Balaban J connectivity index is 2.49. The number of nitriles is 1. The summed E-state index contributed by atoms with van der Waals surface area (Å²) in [6.07, 6.45) is 0. The van der Waals surface area contributed by atoms with Gasteiger partial charge in [0, 0.05) is 0 Å². The standard InChI is InChI=1S/C15H18N4O2/c1-10-4-5-13-12(8-10)17-15(19(13)7-6-16)11(2)18(3)9-14(20)21/h4-5,8,11H,7,9H2,1-3H3,(H,20,21). The van der Waals surface area contributed by atoms with Crippen molar-refractivity contribution >= 4 is 17.0 Å². The first-order valence-corrected chi connectivity index (χ1v) is 6.69. The molecule has 6 heteroatoms. The van der Waals surface area contributed by atoms with Crippen molar-refractivity contribution in [2.45, 2.75) is 26.4 Å². The van der Waals surface area contributed by atoms with Crippen LogP contribution in [0.4, 0.5) is 0 Å². The van der Waals surface area contributed by atoms with Crippen LogP contribution in [-0.4, -0.2) is 39.1 Å². The number of aliphatic carboxylic acids is 1. The van der Waals surface area contributed by atoms with Gasteiger partial charge in [0.15, 0.2) is 0 Å². The van der Waals surface area contributed by atoms with E-state index in [0.717, 1.165) is 16.6 Å². The van der Waals surface area contributed by atoms with E-state index in [4.69, 9.17) is 10.4 Å². The van der Waals surface area contributed by atoms with Gasteiger partial charge in [-0.3, -0.25) is 9.69 Å². The van der Waals surface area contributed by atoms with Crippen molar-refractivity contribution in [2.75, 3.05) is 13.6 Å². The van der Waals surface area contributed by atoms with Gasteiger partial charge in [-0.25, -0.2) is 4.98 Å². The zero-order chi connectivity index (χ0) is 15.6. The van der Waals surface area contributed by atoms with Gasteiger partial charge in [0.05, 0.1) is 29.7 Å². The van der Waals surface area contributed by atoms with Crippen LogP contribution < -0.4 is 0 Å². The van der Waals surface area contributed by atoms with Crippen LogP contribution in [0, 0.1) is 18.3 Å². The second-order valence-corrected chi connectivity index (χ2v) is 5.19. The Morgan fingerprint density at radius 1 is 1.57 bits per heavy atom. The molecule has 1 N–H and O–H groups in total. The fourth-order valence-corrected chi connectivity index (χ4v) is 2.36. The molecule has 0 aliphatic heterocycles. The Labute approximate surface area is 123 Å². The number of hydrogen-bond donors (Lipinski definition) is 1. The number of carbonyl (C=O) groups is 1. The number of hydrogen-bond acceptors (Lipinski definition) is 4. The minimum absolute atomic E-state index is 0.0735. The van der Waals surface area contributed by atoms with E-state index in [0.29, 0.717) is 5.82 Å². The molecule has 2 aromatic rings. The van der Waals surface area contributed by atoms with E-state index >= 15 is 0 Å². The summed E-state index contributed by atoms with van der Waals surface area (Å²) in [5.41, 5.74) is 2.82. The van der Waals surface area contributed by atoms with Crippen molar-refractivity contribution in [3.05, 3.63) is 29.6 Å². The van der Waals surface area contributed by atoms with E-state index in [1.807, 2.05) is 36.6 Å². The molecule has 1 unspecified atom stereocenters. The van der Waals surface area contributed by atoms with Gasteiger partial charge in [-0.15, -0.1) is 0 Å². The Bertz CT molecular complexity index is 714. The second kappa shape index (κ2) is 5.94. The van der Waals surface area contributed by atoms with Crippen molar-refractivity contribution in [2.24, 2.45) is 0 Å². The maximum absolute atomic E-state index is 10.9. The Hall–Kier alpha value is -2.39. The molecule has 0 bridgehead atoms. The lowest BCUT2D eigenvalue weighted by molar-refractivity contribution is -0.138. The highest BCUT2D eigenvalue weighted by atomic mass is 16.4. The van der Waals surface area contributed by atoms with Gasteiger partial charge in [-0.2, -0.15) is 5.26 Å². The van der Waals surface area contributed by atoms with Crippen LogP contribution in [0.2, 0.25) is 0 Å². The van der Waals surface area contributed by atoms with Crippen molar-refractivity contribution in [1.29, 1.82) is 5.26 Å². The molecule has 6 nitrogen and oxygen atoms in total. The molecule has 0 radical (unpaired) electrons. The summed E-state index contributed by atoms with van der Waals surface area (Å²) in [5.74, 6) is -0.177. The molecule has 0 fully saturated rings. The van der Waals surface area contributed by atoms with Gasteiger partial charge in [-0.05, 0) is 38.6 Å². The second-order valence-electron chi connectivity index (χ2n) is 5.19. The predicted molar refractivity (Wildman–Crippen MR) is 78.8 cm³/mol. The summed E-state index contributed by atoms with van der Waals surface area (Å²) in [5, 5.41) is 17.9. The number of fused-ring (bicyclic) bond motifs is 1. The fourth-order valence-electron chi connectivity index (χ4n) is 2.36. The lowest BCUT2D eigenvalue weighted by Gasteiger charge is -2.22. The largest absolute Gasteiger partial charge is 0.480 e. The zero-order valence-electron chi connectivity index (χ0n) is 12.4. The molecule has 1 atom stereocenters. The normalized spacial score (nSPS) is 12.5. The Kier molecular flexibility index (Phi) is 4.24. The fraction of sp³-hybridized carbons (Fsp3) is 0.400. The van der Waals surface area contributed by atoms with Crippen LogP contribution in [0.15, 0.2) is 18.2 Å². The molecule has 0 aliphatic rings. The van der Waals surface area contributed by atoms with Crippen LogP contribution in [0.3, 0.4) is 0 Å². The average molecular weight is 286 g/mol. The summed E-state index contributed by atoms with van der Waals surface area (Å²) in [7, 11) is 1.74. The lowest BCUT2D eigenvalue weighted by Crippen LogP contribution is -2.30. The van der Waals surface area contributed by atoms with Crippen LogP contribution >= 0.6 is 0 Å². The minimum atomic E-state index is -0.886. The van der Waals surface area contributed by atoms with Crippen molar-refractivity contribution in [3.8, 4) is 6.07 Å². The zero-order valence-corrected chi connectivity index (χ0v) is 12.4. The number of imidazole rings is 1. The Morgan fingerprint density at radius 2 is 2.29 bits per heavy atom. The van der Waals surface area contributed by atoms with E-state index in [2.05, 4.69) is 11.1 Å². The summed E-state index contributed by atoms with van der Waals surface area (Å²) < 4.78 is 1.85.